The van der Waals surface area contributed by atoms with Crippen LogP contribution in [0.3, 0.4) is 0 Å². The van der Waals surface area contributed by atoms with E-state index >= 15 is 0 Å². The molecular weight excluding hydrogens is 367 g/mol. The summed E-state index contributed by atoms with van der Waals surface area (Å²) in [5.41, 5.74) is 4.23. The van der Waals surface area contributed by atoms with E-state index in [0.29, 0.717) is 0 Å². The molecule has 0 aromatic heterocycles. The fraction of sp³-hybridized carbons (Fsp3) is 0.0714. The molecule has 0 saturated heterocycles. The molecule has 0 nitrogen and oxygen atoms in total. The lowest BCUT2D eigenvalue weighted by Gasteiger charge is -2.24. The van der Waals surface area contributed by atoms with Gasteiger partial charge >= 0.3 is 0 Å². The number of allylic oxidation sites excluding steroid dienone is 4. The molecule has 0 spiro atoms. The first-order chi connectivity index (χ1) is 14.3. The van der Waals surface area contributed by atoms with E-state index in [2.05, 4.69) is 116 Å². The minimum atomic E-state index is -0.634. The van der Waals surface area contributed by atoms with Crippen molar-refractivity contribution in [1.82, 2.24) is 0 Å². The summed E-state index contributed by atoms with van der Waals surface area (Å²) in [5, 5.41) is 6.92. The molecular formula is C28H23P. The van der Waals surface area contributed by atoms with Gasteiger partial charge in [-0.1, -0.05) is 115 Å². The number of benzene rings is 4. The molecule has 0 heterocycles. The molecule has 0 radical (unpaired) electrons. The van der Waals surface area contributed by atoms with Crippen molar-refractivity contribution in [2.24, 2.45) is 0 Å². The number of fused-ring (bicyclic) bond motifs is 1. The molecule has 4 aromatic rings. The summed E-state index contributed by atoms with van der Waals surface area (Å²) in [4.78, 5) is 0. The van der Waals surface area contributed by atoms with Crippen LogP contribution in [0.5, 0.6) is 0 Å². The van der Waals surface area contributed by atoms with Gasteiger partial charge in [0.2, 0.25) is 0 Å². The zero-order valence-electron chi connectivity index (χ0n) is 16.5. The third kappa shape index (κ3) is 3.46. The Hall–Kier alpha value is -2.95. The van der Waals surface area contributed by atoms with Crippen molar-refractivity contribution in [3.8, 4) is 0 Å². The van der Waals surface area contributed by atoms with E-state index in [1.807, 2.05) is 0 Å². The molecule has 0 fully saturated rings. The van der Waals surface area contributed by atoms with Crippen LogP contribution in [0.15, 0.2) is 115 Å². The van der Waals surface area contributed by atoms with Crippen LogP contribution >= 0.6 is 7.92 Å². The average molecular weight is 390 g/mol. The topological polar surface area (TPSA) is 0 Å². The Kier molecular flexibility index (Phi) is 4.88. The van der Waals surface area contributed by atoms with E-state index in [-0.39, 0.29) is 0 Å². The number of hydrogen-bond donors (Lipinski definition) is 0. The summed E-state index contributed by atoms with van der Waals surface area (Å²) >= 11 is 0. The van der Waals surface area contributed by atoms with Gasteiger partial charge in [0, 0.05) is 0 Å². The van der Waals surface area contributed by atoms with Crippen LogP contribution in [0.4, 0.5) is 0 Å². The van der Waals surface area contributed by atoms with E-state index in [0.717, 1.165) is 6.42 Å². The second-order valence-electron chi connectivity index (χ2n) is 7.51. The minimum absolute atomic E-state index is 0.634. The van der Waals surface area contributed by atoms with Crippen molar-refractivity contribution in [2.75, 3.05) is 0 Å². The molecule has 0 amide bonds. The van der Waals surface area contributed by atoms with Crippen molar-refractivity contribution in [2.45, 2.75) is 13.3 Å². The molecule has 5 rings (SSSR count). The van der Waals surface area contributed by atoms with Crippen LogP contribution in [0, 0.1) is 0 Å². The van der Waals surface area contributed by atoms with Crippen LogP contribution in [0.2, 0.25) is 0 Å². The van der Waals surface area contributed by atoms with Gasteiger partial charge in [0.25, 0.3) is 0 Å². The van der Waals surface area contributed by atoms with Crippen LogP contribution in [-0.2, 0) is 0 Å². The number of rotatable bonds is 4. The van der Waals surface area contributed by atoms with Gasteiger partial charge in [0.1, 0.15) is 0 Å². The summed E-state index contributed by atoms with van der Waals surface area (Å²) in [5.74, 6) is 0. The Balaban J connectivity index is 1.81. The van der Waals surface area contributed by atoms with Gasteiger partial charge in [-0.3, -0.25) is 0 Å². The SMILES string of the molecule is CC1=CCC(c2c(P(c3ccccc3)c3ccccc3)ccc3ccccc23)=C1. The zero-order chi connectivity index (χ0) is 19.6. The highest BCUT2D eigenvalue weighted by atomic mass is 31.1. The Morgan fingerprint density at radius 3 is 1.90 bits per heavy atom. The first kappa shape index (κ1) is 18.1. The first-order valence-corrected chi connectivity index (χ1v) is 11.4. The smallest absolute Gasteiger partial charge is 0.00589 e. The van der Waals surface area contributed by atoms with Crippen LogP contribution in [0.25, 0.3) is 16.3 Å². The van der Waals surface area contributed by atoms with Gasteiger partial charge in [-0.2, -0.15) is 0 Å². The van der Waals surface area contributed by atoms with Gasteiger partial charge in [-0.25, -0.2) is 0 Å². The fourth-order valence-electron chi connectivity index (χ4n) is 4.20. The highest BCUT2D eigenvalue weighted by Gasteiger charge is 2.23. The van der Waals surface area contributed by atoms with Crippen molar-refractivity contribution in [3.05, 3.63) is 120 Å². The summed E-state index contributed by atoms with van der Waals surface area (Å²) < 4.78 is 0. The first-order valence-electron chi connectivity index (χ1n) is 10.1. The van der Waals surface area contributed by atoms with Crippen molar-refractivity contribution >= 4 is 40.2 Å². The molecule has 0 bridgehead atoms. The average Bonchev–Trinajstić information content (AvgIpc) is 3.21. The zero-order valence-corrected chi connectivity index (χ0v) is 17.4. The molecule has 0 aliphatic heterocycles. The summed E-state index contributed by atoms with van der Waals surface area (Å²) in [7, 11) is -0.634. The molecule has 0 saturated carbocycles. The van der Waals surface area contributed by atoms with E-state index in [1.165, 1.54) is 43.4 Å². The molecule has 1 heteroatoms. The van der Waals surface area contributed by atoms with Crippen molar-refractivity contribution in [3.63, 3.8) is 0 Å². The van der Waals surface area contributed by atoms with E-state index in [4.69, 9.17) is 0 Å². The highest BCUT2D eigenvalue weighted by molar-refractivity contribution is 7.80. The molecule has 29 heavy (non-hydrogen) atoms. The van der Waals surface area contributed by atoms with Gasteiger partial charge < -0.3 is 0 Å². The minimum Gasteiger partial charge on any atom is -0.0772 e. The monoisotopic (exact) mass is 390 g/mol. The third-order valence-electron chi connectivity index (χ3n) is 5.54. The van der Waals surface area contributed by atoms with E-state index in [1.54, 1.807) is 0 Å². The van der Waals surface area contributed by atoms with Crippen LogP contribution in [-0.4, -0.2) is 0 Å². The molecule has 1 aliphatic carbocycles. The second-order valence-corrected chi connectivity index (χ2v) is 9.69. The highest BCUT2D eigenvalue weighted by Crippen LogP contribution is 2.40. The second kappa shape index (κ2) is 7.82. The fourth-order valence-corrected chi connectivity index (χ4v) is 6.71. The summed E-state index contributed by atoms with van der Waals surface area (Å²) in [6, 6.07) is 35.5. The van der Waals surface area contributed by atoms with Crippen molar-refractivity contribution in [1.29, 1.82) is 0 Å². The maximum atomic E-state index is 2.37. The maximum absolute atomic E-state index is 2.37. The van der Waals surface area contributed by atoms with Crippen LogP contribution in [0.1, 0.15) is 18.9 Å². The molecule has 4 aromatic carbocycles. The lowest BCUT2D eigenvalue weighted by atomic mass is 9.97. The predicted molar refractivity (Wildman–Crippen MR) is 129 cm³/mol. The molecule has 0 atom stereocenters. The lowest BCUT2D eigenvalue weighted by Crippen LogP contribution is -2.23. The van der Waals surface area contributed by atoms with Gasteiger partial charge in [0.15, 0.2) is 0 Å². The number of hydrogen-bond acceptors (Lipinski definition) is 0. The lowest BCUT2D eigenvalue weighted by molar-refractivity contribution is 1.43. The Labute approximate surface area is 174 Å². The van der Waals surface area contributed by atoms with Crippen LogP contribution < -0.4 is 15.9 Å². The van der Waals surface area contributed by atoms with Gasteiger partial charge in [0.05, 0.1) is 0 Å². The molecule has 140 valence electrons. The molecule has 1 aliphatic rings. The molecule has 0 N–H and O–H groups in total. The normalized spacial score (nSPS) is 13.6. The van der Waals surface area contributed by atoms with Crippen molar-refractivity contribution < 1.29 is 0 Å². The molecule has 0 unspecified atom stereocenters. The van der Waals surface area contributed by atoms with E-state index < -0.39 is 7.92 Å². The van der Waals surface area contributed by atoms with Gasteiger partial charge in [-0.05, 0) is 59.1 Å². The standard InChI is InChI=1S/C28H23P/c1-21-16-17-23(20-21)28-26-15-9-8-10-22(26)18-19-27(28)29(24-11-4-2-5-12-24)25-13-6-3-7-14-25/h2-16,18-20H,17H2,1H3. The summed E-state index contributed by atoms with van der Waals surface area (Å²) in [6.45, 7) is 2.20. The largest absolute Gasteiger partial charge is 0.0772 e. The Morgan fingerprint density at radius 1 is 0.655 bits per heavy atom. The Morgan fingerprint density at radius 2 is 1.28 bits per heavy atom. The van der Waals surface area contributed by atoms with E-state index in [9.17, 15) is 0 Å². The quantitative estimate of drug-likeness (QED) is 0.357. The third-order valence-corrected chi connectivity index (χ3v) is 8.03. The predicted octanol–water partition coefficient (Wildman–Crippen LogP) is 6.33. The van der Waals surface area contributed by atoms with Gasteiger partial charge in [-0.15, -0.1) is 0 Å². The Bertz CT molecular complexity index is 1180. The summed E-state index contributed by atoms with van der Waals surface area (Å²) in [6.07, 6.45) is 5.72. The maximum Gasteiger partial charge on any atom is -0.00589 e.